The number of rotatable bonds is 3. The van der Waals surface area contributed by atoms with E-state index in [1.807, 2.05) is 0 Å². The summed E-state index contributed by atoms with van der Waals surface area (Å²) in [7, 11) is 0. The molecular formula is C21H14BrFN2O4. The van der Waals surface area contributed by atoms with Gasteiger partial charge in [-0.1, -0.05) is 33.2 Å². The molecule has 2 aromatic carbocycles. The van der Waals surface area contributed by atoms with E-state index in [9.17, 15) is 19.1 Å². The predicted molar refractivity (Wildman–Crippen MR) is 107 cm³/mol. The molecule has 1 saturated heterocycles. The highest BCUT2D eigenvalue weighted by Gasteiger charge is 2.48. The number of amides is 1. The Morgan fingerprint density at radius 1 is 1.14 bits per heavy atom. The third-order valence-electron chi connectivity index (χ3n) is 4.61. The molecule has 1 atom stereocenters. The van der Waals surface area contributed by atoms with Gasteiger partial charge in [0.25, 0.3) is 5.78 Å². The van der Waals surface area contributed by atoms with Crippen LogP contribution in [0.2, 0.25) is 0 Å². The number of aliphatic hydroxyl groups excluding tert-OH is 1. The van der Waals surface area contributed by atoms with Gasteiger partial charge in [-0.05, 0) is 48.9 Å². The van der Waals surface area contributed by atoms with Gasteiger partial charge in [0.1, 0.15) is 17.3 Å². The number of ketones is 1. The van der Waals surface area contributed by atoms with Crippen molar-refractivity contribution in [1.82, 2.24) is 5.16 Å². The van der Waals surface area contributed by atoms with Crippen LogP contribution in [0.5, 0.6) is 0 Å². The summed E-state index contributed by atoms with van der Waals surface area (Å²) in [5, 5.41) is 14.7. The molecule has 1 aliphatic rings. The third kappa shape index (κ3) is 3.36. The number of anilines is 1. The first-order valence-corrected chi connectivity index (χ1v) is 9.42. The number of hydrogen-bond donors (Lipinski definition) is 1. The van der Waals surface area contributed by atoms with Crippen LogP contribution < -0.4 is 4.90 Å². The Bertz CT molecular complexity index is 1140. The molecular weight excluding hydrogens is 443 g/mol. The lowest BCUT2D eigenvalue weighted by molar-refractivity contribution is -0.132. The molecule has 1 amide bonds. The molecule has 0 radical (unpaired) electrons. The highest BCUT2D eigenvalue weighted by Crippen LogP contribution is 2.42. The van der Waals surface area contributed by atoms with E-state index in [-0.39, 0.29) is 22.7 Å². The Labute approximate surface area is 173 Å². The number of nitrogens with zero attached hydrogens (tertiary/aromatic N) is 2. The molecule has 0 aliphatic carbocycles. The van der Waals surface area contributed by atoms with Crippen molar-refractivity contribution in [3.05, 3.63) is 87.3 Å². The van der Waals surface area contributed by atoms with Crippen LogP contribution in [-0.2, 0) is 9.59 Å². The molecule has 1 aliphatic heterocycles. The lowest BCUT2D eigenvalue weighted by Gasteiger charge is -2.22. The molecule has 0 saturated carbocycles. The van der Waals surface area contributed by atoms with Gasteiger partial charge in [-0.2, -0.15) is 0 Å². The van der Waals surface area contributed by atoms with Gasteiger partial charge in [-0.3, -0.25) is 14.5 Å². The van der Waals surface area contributed by atoms with Gasteiger partial charge >= 0.3 is 5.91 Å². The van der Waals surface area contributed by atoms with E-state index in [1.54, 1.807) is 31.2 Å². The van der Waals surface area contributed by atoms with Crippen LogP contribution in [0, 0.1) is 12.7 Å². The minimum Gasteiger partial charge on any atom is -0.507 e. The zero-order valence-corrected chi connectivity index (χ0v) is 16.7. The second kappa shape index (κ2) is 7.29. The van der Waals surface area contributed by atoms with E-state index in [4.69, 9.17) is 4.52 Å². The monoisotopic (exact) mass is 456 g/mol. The Balaban J connectivity index is 1.93. The first-order chi connectivity index (χ1) is 13.9. The van der Waals surface area contributed by atoms with Crippen LogP contribution in [0.15, 0.2) is 69.2 Å². The molecule has 29 heavy (non-hydrogen) atoms. The Hall–Kier alpha value is -3.26. The number of carbonyl (C=O) groups excluding carboxylic acids is 2. The van der Waals surface area contributed by atoms with Crippen LogP contribution in [0.3, 0.4) is 0 Å². The topological polar surface area (TPSA) is 83.6 Å². The van der Waals surface area contributed by atoms with Crippen molar-refractivity contribution in [1.29, 1.82) is 0 Å². The molecule has 1 aromatic heterocycles. The average molecular weight is 457 g/mol. The average Bonchev–Trinajstić information content (AvgIpc) is 3.24. The van der Waals surface area contributed by atoms with Crippen molar-refractivity contribution in [2.75, 3.05) is 4.90 Å². The van der Waals surface area contributed by atoms with Crippen molar-refractivity contribution in [2.24, 2.45) is 0 Å². The van der Waals surface area contributed by atoms with Crippen LogP contribution in [-0.4, -0.2) is 22.0 Å². The Kier molecular flexibility index (Phi) is 4.79. The first kappa shape index (κ1) is 19.1. The summed E-state index contributed by atoms with van der Waals surface area (Å²) >= 11 is 3.36. The van der Waals surface area contributed by atoms with Crippen LogP contribution >= 0.6 is 15.9 Å². The van der Waals surface area contributed by atoms with Crippen molar-refractivity contribution >= 4 is 39.2 Å². The standard InChI is InChI=1S/C21H14BrFN2O4/c1-11-10-16(24-29-11)25-18(12-2-6-14(22)7-3-12)17(20(27)21(25)28)19(26)13-4-8-15(23)9-5-13/h2-10,18,26H,1H3/t18-/m1/s1. The van der Waals surface area contributed by atoms with Crippen LogP contribution in [0.25, 0.3) is 5.76 Å². The van der Waals surface area contributed by atoms with Crippen LogP contribution in [0.1, 0.15) is 22.9 Å². The summed E-state index contributed by atoms with van der Waals surface area (Å²) < 4.78 is 19.2. The minimum absolute atomic E-state index is 0.107. The maximum Gasteiger partial charge on any atom is 0.301 e. The highest BCUT2D eigenvalue weighted by molar-refractivity contribution is 9.10. The van der Waals surface area contributed by atoms with E-state index in [1.165, 1.54) is 35.2 Å². The van der Waals surface area contributed by atoms with E-state index >= 15 is 0 Å². The Morgan fingerprint density at radius 2 is 1.79 bits per heavy atom. The lowest BCUT2D eigenvalue weighted by Crippen LogP contribution is -2.29. The lowest BCUT2D eigenvalue weighted by atomic mass is 9.95. The van der Waals surface area contributed by atoms with Crippen molar-refractivity contribution in [3.63, 3.8) is 0 Å². The van der Waals surface area contributed by atoms with Gasteiger partial charge in [0.2, 0.25) is 0 Å². The molecule has 146 valence electrons. The summed E-state index contributed by atoms with van der Waals surface area (Å²) in [6.07, 6.45) is 0. The first-order valence-electron chi connectivity index (χ1n) is 8.62. The van der Waals surface area contributed by atoms with Gasteiger partial charge in [0.05, 0.1) is 11.6 Å². The predicted octanol–water partition coefficient (Wildman–Crippen LogP) is 4.51. The van der Waals surface area contributed by atoms with Crippen molar-refractivity contribution in [2.45, 2.75) is 13.0 Å². The Morgan fingerprint density at radius 3 is 2.38 bits per heavy atom. The minimum atomic E-state index is -0.919. The molecule has 0 spiro atoms. The second-order valence-electron chi connectivity index (χ2n) is 6.52. The smallest absolute Gasteiger partial charge is 0.301 e. The number of carbonyl (C=O) groups is 2. The van der Waals surface area contributed by atoms with Gasteiger partial charge in [-0.15, -0.1) is 0 Å². The third-order valence-corrected chi connectivity index (χ3v) is 5.14. The quantitative estimate of drug-likeness (QED) is 0.356. The van der Waals surface area contributed by atoms with Gasteiger partial charge in [0, 0.05) is 16.1 Å². The SMILES string of the molecule is Cc1cc(N2C(=O)C(=O)C(=C(O)c3ccc(F)cc3)[C@H]2c2ccc(Br)cc2)no1. The summed E-state index contributed by atoms with van der Waals surface area (Å²) in [4.78, 5) is 26.9. The molecule has 3 aromatic rings. The summed E-state index contributed by atoms with van der Waals surface area (Å²) in [5.74, 6) is -1.94. The van der Waals surface area contributed by atoms with Crippen molar-refractivity contribution < 1.29 is 23.6 Å². The largest absolute Gasteiger partial charge is 0.507 e. The maximum absolute atomic E-state index is 13.3. The zero-order chi connectivity index (χ0) is 20.7. The zero-order valence-electron chi connectivity index (χ0n) is 15.1. The molecule has 0 unspecified atom stereocenters. The van der Waals surface area contributed by atoms with Crippen LogP contribution in [0.4, 0.5) is 10.2 Å². The van der Waals surface area contributed by atoms with Gasteiger partial charge in [0.15, 0.2) is 5.82 Å². The fraction of sp³-hybridized carbons (Fsp3) is 0.0952. The van der Waals surface area contributed by atoms with Gasteiger partial charge < -0.3 is 9.63 Å². The maximum atomic E-state index is 13.3. The fourth-order valence-corrected chi connectivity index (χ4v) is 3.52. The molecule has 6 nitrogen and oxygen atoms in total. The number of halogens is 2. The number of hydrogen-bond acceptors (Lipinski definition) is 5. The number of benzene rings is 2. The second-order valence-corrected chi connectivity index (χ2v) is 7.44. The molecule has 1 fully saturated rings. The highest BCUT2D eigenvalue weighted by atomic mass is 79.9. The molecule has 0 bridgehead atoms. The number of Topliss-reactive ketones (excluding diaryl/α,β-unsaturated/α-hetero) is 1. The van der Waals surface area contributed by atoms with Crippen molar-refractivity contribution in [3.8, 4) is 0 Å². The summed E-state index contributed by atoms with van der Waals surface area (Å²) in [5.41, 5.74) is 0.712. The van der Waals surface area contributed by atoms with E-state index < -0.39 is 23.5 Å². The normalized spacial score (nSPS) is 18.4. The van der Waals surface area contributed by atoms with E-state index in [0.29, 0.717) is 11.3 Å². The fourth-order valence-electron chi connectivity index (χ4n) is 3.26. The number of aliphatic hydroxyl groups is 1. The molecule has 2 heterocycles. The summed E-state index contributed by atoms with van der Waals surface area (Å²) in [6, 6.07) is 12.6. The van der Waals surface area contributed by atoms with E-state index in [2.05, 4.69) is 21.1 Å². The molecule has 8 heteroatoms. The number of aryl methyl sites for hydroxylation is 1. The summed E-state index contributed by atoms with van der Waals surface area (Å²) in [6.45, 7) is 1.67. The molecule has 1 N–H and O–H groups in total. The van der Waals surface area contributed by atoms with E-state index in [0.717, 1.165) is 4.47 Å². The van der Waals surface area contributed by atoms with Gasteiger partial charge in [-0.25, -0.2) is 4.39 Å². The molecule has 4 rings (SSSR count). The number of aromatic nitrogens is 1.